The number of nitrogens with one attached hydrogen (secondary N) is 2. The molecule has 0 unspecified atom stereocenters. The van der Waals surface area contributed by atoms with E-state index >= 15 is 0 Å². The first kappa shape index (κ1) is 22.3. The molecule has 0 aliphatic carbocycles. The summed E-state index contributed by atoms with van der Waals surface area (Å²) in [5.74, 6) is -0.537. The minimum Gasteiger partial charge on any atom is -0.336 e. The van der Waals surface area contributed by atoms with Gasteiger partial charge in [-0.25, -0.2) is 24.1 Å². The number of benzene rings is 1. The highest BCUT2D eigenvalue weighted by atomic mass is 32.1. The van der Waals surface area contributed by atoms with Crippen molar-refractivity contribution in [2.24, 2.45) is 0 Å². The molecule has 0 atom stereocenters. The fourth-order valence-corrected chi connectivity index (χ4v) is 3.94. The van der Waals surface area contributed by atoms with Crippen LogP contribution >= 0.6 is 11.3 Å². The first-order valence-corrected chi connectivity index (χ1v) is 11.0. The molecule has 4 rings (SSSR count). The minimum absolute atomic E-state index is 0.180. The van der Waals surface area contributed by atoms with Gasteiger partial charge in [-0.3, -0.25) is 10.1 Å². The van der Waals surface area contributed by atoms with Crippen molar-refractivity contribution >= 4 is 39.4 Å². The highest BCUT2D eigenvalue weighted by molar-refractivity contribution is 7.13. The molecule has 4 aromatic rings. The topological polar surface area (TPSA) is 100 Å². The van der Waals surface area contributed by atoms with Crippen LogP contribution in [0, 0.1) is 12.7 Å². The maximum Gasteiger partial charge on any atom is 0.321 e. The van der Waals surface area contributed by atoms with E-state index < -0.39 is 6.03 Å². The Balaban J connectivity index is 1.35. The van der Waals surface area contributed by atoms with Crippen molar-refractivity contribution in [3.8, 4) is 0 Å². The van der Waals surface area contributed by atoms with Gasteiger partial charge in [-0.1, -0.05) is 12.1 Å². The van der Waals surface area contributed by atoms with Crippen LogP contribution in [0.4, 0.5) is 14.3 Å². The summed E-state index contributed by atoms with van der Waals surface area (Å²) in [5, 5.41) is 8.29. The molecule has 3 amide bonds. The molecule has 0 fully saturated rings. The second-order valence-corrected chi connectivity index (χ2v) is 8.27. The van der Waals surface area contributed by atoms with Crippen molar-refractivity contribution in [1.82, 2.24) is 25.2 Å². The van der Waals surface area contributed by atoms with E-state index in [0.29, 0.717) is 33.3 Å². The van der Waals surface area contributed by atoms with Crippen LogP contribution in [0.1, 0.15) is 27.3 Å². The fraction of sp³-hybridized carbons (Fsp3) is 0.174. The van der Waals surface area contributed by atoms with Crippen LogP contribution in [0.2, 0.25) is 0 Å². The van der Waals surface area contributed by atoms with Crippen molar-refractivity contribution in [1.29, 1.82) is 0 Å². The van der Waals surface area contributed by atoms with E-state index in [1.165, 1.54) is 23.5 Å². The predicted octanol–water partition coefficient (Wildman–Crippen LogP) is 4.13. The Morgan fingerprint density at radius 2 is 2.00 bits per heavy atom. The summed E-state index contributed by atoms with van der Waals surface area (Å²) in [6, 6.07) is 11.0. The van der Waals surface area contributed by atoms with Crippen LogP contribution in [0.3, 0.4) is 0 Å². The standard InChI is InChI=1S/C23H21FN6O2S/c1-14-19(10-16-6-4-8-25-20(16)27-14)21(31)30(2)12-18-13-33-23(28-18)29-22(32)26-11-15-5-3-7-17(24)9-15/h3-10,13H,11-12H2,1-2H3,(H2,26,28,29,32). The van der Waals surface area contributed by atoms with Crippen LogP contribution in [0.5, 0.6) is 0 Å². The van der Waals surface area contributed by atoms with E-state index in [4.69, 9.17) is 0 Å². The number of urea groups is 1. The number of pyridine rings is 2. The predicted molar refractivity (Wildman–Crippen MR) is 124 cm³/mol. The number of hydrogen-bond acceptors (Lipinski definition) is 6. The van der Waals surface area contributed by atoms with Gasteiger partial charge in [0, 0.05) is 30.6 Å². The number of aryl methyl sites for hydroxylation is 1. The van der Waals surface area contributed by atoms with E-state index in [0.717, 1.165) is 5.39 Å². The van der Waals surface area contributed by atoms with Gasteiger partial charge in [0.2, 0.25) is 0 Å². The number of thiazole rings is 1. The van der Waals surface area contributed by atoms with E-state index in [9.17, 15) is 14.0 Å². The third-order valence-corrected chi connectivity index (χ3v) is 5.68. The third-order valence-electron chi connectivity index (χ3n) is 4.87. The normalized spacial score (nSPS) is 10.8. The van der Waals surface area contributed by atoms with E-state index in [-0.39, 0.29) is 24.8 Å². The van der Waals surface area contributed by atoms with Gasteiger partial charge in [-0.2, -0.15) is 0 Å². The maximum absolute atomic E-state index is 13.2. The molecule has 0 saturated heterocycles. The monoisotopic (exact) mass is 464 g/mol. The molecule has 0 saturated carbocycles. The van der Waals surface area contributed by atoms with Crippen molar-refractivity contribution < 1.29 is 14.0 Å². The Morgan fingerprint density at radius 1 is 1.15 bits per heavy atom. The molecule has 0 aliphatic rings. The smallest absolute Gasteiger partial charge is 0.321 e. The molecule has 2 N–H and O–H groups in total. The number of hydrogen-bond donors (Lipinski definition) is 2. The van der Waals surface area contributed by atoms with Gasteiger partial charge in [0.25, 0.3) is 5.91 Å². The molecule has 3 aromatic heterocycles. The summed E-state index contributed by atoms with van der Waals surface area (Å²) in [7, 11) is 1.69. The molecule has 1 aromatic carbocycles. The van der Waals surface area contributed by atoms with Gasteiger partial charge in [-0.05, 0) is 42.8 Å². The number of carbonyl (C=O) groups is 2. The zero-order valence-electron chi connectivity index (χ0n) is 18.0. The third kappa shape index (κ3) is 5.47. The lowest BCUT2D eigenvalue weighted by atomic mass is 10.1. The van der Waals surface area contributed by atoms with Crippen LogP contribution < -0.4 is 10.6 Å². The Morgan fingerprint density at radius 3 is 2.82 bits per heavy atom. The lowest BCUT2D eigenvalue weighted by Gasteiger charge is -2.17. The van der Waals surface area contributed by atoms with Gasteiger partial charge < -0.3 is 10.2 Å². The molecule has 3 heterocycles. The van der Waals surface area contributed by atoms with Gasteiger partial charge in [-0.15, -0.1) is 11.3 Å². The largest absolute Gasteiger partial charge is 0.336 e. The number of nitrogens with zero attached hydrogens (tertiary/aromatic N) is 4. The molecule has 0 aliphatic heterocycles. The zero-order valence-corrected chi connectivity index (χ0v) is 18.8. The van der Waals surface area contributed by atoms with Crippen molar-refractivity contribution in [2.75, 3.05) is 12.4 Å². The van der Waals surface area contributed by atoms with Gasteiger partial charge >= 0.3 is 6.03 Å². The average Bonchev–Trinajstić information content (AvgIpc) is 3.23. The number of anilines is 1. The molecule has 8 nitrogen and oxygen atoms in total. The first-order chi connectivity index (χ1) is 15.9. The van der Waals surface area contributed by atoms with Gasteiger partial charge in [0.1, 0.15) is 5.82 Å². The molecule has 0 radical (unpaired) electrons. The molecule has 10 heteroatoms. The highest BCUT2D eigenvalue weighted by Gasteiger charge is 2.18. The summed E-state index contributed by atoms with van der Waals surface area (Å²) >= 11 is 1.25. The second-order valence-electron chi connectivity index (χ2n) is 7.41. The Kier molecular flexibility index (Phi) is 6.55. The van der Waals surface area contributed by atoms with Crippen LogP contribution in [-0.4, -0.2) is 38.8 Å². The molecular formula is C23H21FN6O2S. The Bertz CT molecular complexity index is 1330. The number of rotatable bonds is 6. The zero-order chi connectivity index (χ0) is 23.4. The Labute approximate surface area is 193 Å². The summed E-state index contributed by atoms with van der Waals surface area (Å²) in [5.41, 5.74) is 3.00. The molecular weight excluding hydrogens is 443 g/mol. The molecule has 0 bridgehead atoms. The maximum atomic E-state index is 13.2. The molecule has 168 valence electrons. The molecule has 0 spiro atoms. The van der Waals surface area contributed by atoms with Crippen molar-refractivity contribution in [2.45, 2.75) is 20.0 Å². The van der Waals surface area contributed by atoms with Gasteiger partial charge in [0.15, 0.2) is 10.8 Å². The number of halogens is 1. The summed E-state index contributed by atoms with van der Waals surface area (Å²) in [6.45, 7) is 2.24. The minimum atomic E-state index is -0.448. The van der Waals surface area contributed by atoms with E-state index in [1.807, 2.05) is 6.07 Å². The number of amides is 3. The number of carbonyl (C=O) groups excluding carboxylic acids is 2. The highest BCUT2D eigenvalue weighted by Crippen LogP contribution is 2.19. The Hall–Kier alpha value is -3.92. The fourth-order valence-electron chi connectivity index (χ4n) is 3.24. The summed E-state index contributed by atoms with van der Waals surface area (Å²) < 4.78 is 13.2. The number of fused-ring (bicyclic) bond motifs is 1. The lowest BCUT2D eigenvalue weighted by molar-refractivity contribution is 0.0782. The van der Waals surface area contributed by atoms with E-state index in [2.05, 4.69) is 25.6 Å². The van der Waals surface area contributed by atoms with Gasteiger partial charge in [0.05, 0.1) is 23.5 Å². The molecule has 33 heavy (non-hydrogen) atoms. The SMILES string of the molecule is Cc1nc2ncccc2cc1C(=O)N(C)Cc1csc(NC(=O)NCc2cccc(F)c2)n1. The van der Waals surface area contributed by atoms with Crippen LogP contribution in [0.25, 0.3) is 11.0 Å². The summed E-state index contributed by atoms with van der Waals surface area (Å²) in [4.78, 5) is 39.7. The van der Waals surface area contributed by atoms with Crippen LogP contribution in [-0.2, 0) is 13.1 Å². The average molecular weight is 465 g/mol. The van der Waals surface area contributed by atoms with E-state index in [1.54, 1.807) is 54.7 Å². The van der Waals surface area contributed by atoms with Crippen molar-refractivity contribution in [3.05, 3.63) is 82.4 Å². The van der Waals surface area contributed by atoms with Crippen LogP contribution in [0.15, 0.2) is 54.0 Å². The second kappa shape index (κ2) is 9.70. The quantitative estimate of drug-likeness (QED) is 0.447. The first-order valence-electron chi connectivity index (χ1n) is 10.1. The lowest BCUT2D eigenvalue weighted by Crippen LogP contribution is -2.28. The number of aromatic nitrogens is 3. The summed E-state index contributed by atoms with van der Waals surface area (Å²) in [6.07, 6.45) is 1.66. The van der Waals surface area contributed by atoms with Crippen molar-refractivity contribution in [3.63, 3.8) is 0 Å².